The Labute approximate surface area is 174 Å². The van der Waals surface area contributed by atoms with Gasteiger partial charge in [-0.15, -0.1) is 12.4 Å². The van der Waals surface area contributed by atoms with Gasteiger partial charge in [-0.3, -0.25) is 0 Å². The molecule has 1 aromatic heterocycles. The summed E-state index contributed by atoms with van der Waals surface area (Å²) < 4.78 is 17.6. The minimum Gasteiger partial charge on any atom is -0.493 e. The molecular formula is C21H23BrClNO3. The first-order valence-corrected chi connectivity index (χ1v) is 9.25. The number of rotatable bonds is 8. The minimum absolute atomic E-state index is 0. The van der Waals surface area contributed by atoms with Crippen LogP contribution in [0.4, 0.5) is 0 Å². The standard InChI is InChI=1S/C21H22BrNO3.ClH/c1-24-20-9-3-15(13-21(20)25-2)11-12-23-14-18-8-10-19(26-18)16-4-6-17(22)7-5-16;/h3-10,13,23H,11-12,14H2,1-2H3;1H. The number of methoxy groups -OCH3 is 2. The Morgan fingerprint density at radius 3 is 2.37 bits per heavy atom. The third-order valence-electron chi connectivity index (χ3n) is 4.13. The summed E-state index contributed by atoms with van der Waals surface area (Å²) in [6.45, 7) is 1.55. The van der Waals surface area contributed by atoms with E-state index >= 15 is 0 Å². The maximum Gasteiger partial charge on any atom is 0.160 e. The van der Waals surface area contributed by atoms with Crippen molar-refractivity contribution in [3.8, 4) is 22.8 Å². The van der Waals surface area contributed by atoms with E-state index in [2.05, 4.69) is 27.3 Å². The van der Waals surface area contributed by atoms with E-state index in [1.165, 1.54) is 5.56 Å². The van der Waals surface area contributed by atoms with E-state index in [1.54, 1.807) is 14.2 Å². The molecule has 6 heteroatoms. The molecule has 3 rings (SSSR count). The van der Waals surface area contributed by atoms with Gasteiger partial charge in [-0.2, -0.15) is 0 Å². The van der Waals surface area contributed by atoms with Gasteiger partial charge < -0.3 is 19.2 Å². The summed E-state index contributed by atoms with van der Waals surface area (Å²) in [5.41, 5.74) is 2.27. The van der Waals surface area contributed by atoms with Crippen LogP contribution in [0.1, 0.15) is 11.3 Å². The fourth-order valence-corrected chi connectivity index (χ4v) is 2.99. The predicted octanol–water partition coefficient (Wildman–Crippen LogP) is 5.48. The molecule has 144 valence electrons. The van der Waals surface area contributed by atoms with Crippen molar-refractivity contribution >= 4 is 28.3 Å². The van der Waals surface area contributed by atoms with E-state index in [4.69, 9.17) is 13.9 Å². The summed E-state index contributed by atoms with van der Waals surface area (Å²) in [5.74, 6) is 3.32. The van der Waals surface area contributed by atoms with Crippen molar-refractivity contribution < 1.29 is 13.9 Å². The molecule has 27 heavy (non-hydrogen) atoms. The third kappa shape index (κ3) is 5.76. The van der Waals surface area contributed by atoms with E-state index in [9.17, 15) is 0 Å². The van der Waals surface area contributed by atoms with Crippen LogP contribution in [0.25, 0.3) is 11.3 Å². The van der Waals surface area contributed by atoms with Crippen LogP contribution in [0.3, 0.4) is 0 Å². The van der Waals surface area contributed by atoms with Gasteiger partial charge in [0.15, 0.2) is 11.5 Å². The van der Waals surface area contributed by atoms with Gasteiger partial charge in [-0.1, -0.05) is 34.1 Å². The molecule has 0 fully saturated rings. The second-order valence-corrected chi connectivity index (χ2v) is 6.80. The number of ether oxygens (including phenoxy) is 2. The molecule has 0 aliphatic carbocycles. The predicted molar refractivity (Wildman–Crippen MR) is 114 cm³/mol. The monoisotopic (exact) mass is 451 g/mol. The molecule has 2 aromatic carbocycles. The van der Waals surface area contributed by atoms with Crippen LogP contribution < -0.4 is 14.8 Å². The van der Waals surface area contributed by atoms with Crippen LogP contribution in [-0.4, -0.2) is 20.8 Å². The zero-order valence-electron chi connectivity index (χ0n) is 15.3. The smallest absolute Gasteiger partial charge is 0.160 e. The summed E-state index contributed by atoms with van der Waals surface area (Å²) >= 11 is 3.45. The average Bonchev–Trinajstić information content (AvgIpc) is 3.14. The lowest BCUT2D eigenvalue weighted by atomic mass is 10.1. The number of benzene rings is 2. The summed E-state index contributed by atoms with van der Waals surface area (Å²) in [6.07, 6.45) is 0.903. The van der Waals surface area contributed by atoms with E-state index in [1.807, 2.05) is 48.5 Å². The molecule has 0 atom stereocenters. The first-order valence-electron chi connectivity index (χ1n) is 8.46. The molecule has 0 radical (unpaired) electrons. The highest BCUT2D eigenvalue weighted by atomic mass is 79.9. The summed E-state index contributed by atoms with van der Waals surface area (Å²) in [4.78, 5) is 0. The van der Waals surface area contributed by atoms with Crippen molar-refractivity contribution in [3.63, 3.8) is 0 Å². The van der Waals surface area contributed by atoms with Gasteiger partial charge in [0.1, 0.15) is 11.5 Å². The zero-order chi connectivity index (χ0) is 18.4. The Kier molecular flexibility index (Phi) is 8.23. The molecule has 0 spiro atoms. The highest BCUT2D eigenvalue weighted by Crippen LogP contribution is 2.27. The second kappa shape index (κ2) is 10.4. The molecule has 3 aromatic rings. The fourth-order valence-electron chi connectivity index (χ4n) is 2.72. The molecule has 1 heterocycles. The lowest BCUT2D eigenvalue weighted by Crippen LogP contribution is -2.16. The number of furan rings is 1. The number of hydrogen-bond donors (Lipinski definition) is 1. The van der Waals surface area contributed by atoms with Crippen LogP contribution >= 0.6 is 28.3 Å². The Morgan fingerprint density at radius 2 is 1.67 bits per heavy atom. The summed E-state index contributed by atoms with van der Waals surface area (Å²) in [7, 11) is 3.30. The molecule has 0 aliphatic rings. The SMILES string of the molecule is COc1ccc(CCNCc2ccc(-c3ccc(Br)cc3)o2)cc1OC.Cl. The van der Waals surface area contributed by atoms with Gasteiger partial charge in [-0.05, 0) is 54.9 Å². The van der Waals surface area contributed by atoms with Crippen LogP contribution in [0.2, 0.25) is 0 Å². The van der Waals surface area contributed by atoms with E-state index in [0.717, 1.165) is 46.0 Å². The number of hydrogen-bond acceptors (Lipinski definition) is 4. The van der Waals surface area contributed by atoms with Crippen LogP contribution in [0, 0.1) is 0 Å². The Hall–Kier alpha value is -1.95. The summed E-state index contributed by atoms with van der Waals surface area (Å²) in [6, 6.07) is 18.1. The molecule has 0 bridgehead atoms. The van der Waals surface area contributed by atoms with Crippen molar-refractivity contribution in [3.05, 3.63) is 70.4 Å². The zero-order valence-corrected chi connectivity index (χ0v) is 17.7. The number of halogens is 2. The lowest BCUT2D eigenvalue weighted by molar-refractivity contribution is 0.354. The average molecular weight is 453 g/mol. The molecule has 0 aliphatic heterocycles. The van der Waals surface area contributed by atoms with Gasteiger partial charge in [0, 0.05) is 10.0 Å². The molecule has 1 N–H and O–H groups in total. The lowest BCUT2D eigenvalue weighted by Gasteiger charge is -2.09. The van der Waals surface area contributed by atoms with Crippen molar-refractivity contribution in [2.24, 2.45) is 0 Å². The maximum absolute atomic E-state index is 5.91. The second-order valence-electron chi connectivity index (χ2n) is 5.89. The molecule has 4 nitrogen and oxygen atoms in total. The minimum atomic E-state index is 0. The highest BCUT2D eigenvalue weighted by Gasteiger charge is 2.06. The molecule has 0 amide bonds. The fraction of sp³-hybridized carbons (Fsp3) is 0.238. The Balaban J connectivity index is 0.00000261. The highest BCUT2D eigenvalue weighted by molar-refractivity contribution is 9.10. The first kappa shape index (κ1) is 21.4. The topological polar surface area (TPSA) is 43.6 Å². The first-order chi connectivity index (χ1) is 12.7. The van der Waals surface area contributed by atoms with Crippen molar-refractivity contribution in [2.45, 2.75) is 13.0 Å². The summed E-state index contributed by atoms with van der Waals surface area (Å²) in [5, 5.41) is 3.42. The van der Waals surface area contributed by atoms with Crippen LogP contribution in [0.5, 0.6) is 11.5 Å². The van der Waals surface area contributed by atoms with Crippen molar-refractivity contribution in [1.82, 2.24) is 5.32 Å². The van der Waals surface area contributed by atoms with E-state index < -0.39 is 0 Å². The van der Waals surface area contributed by atoms with Gasteiger partial charge >= 0.3 is 0 Å². The van der Waals surface area contributed by atoms with Gasteiger partial charge in [-0.25, -0.2) is 0 Å². The van der Waals surface area contributed by atoms with Crippen molar-refractivity contribution in [2.75, 3.05) is 20.8 Å². The van der Waals surface area contributed by atoms with E-state index in [0.29, 0.717) is 6.54 Å². The Bertz CT molecular complexity index is 849. The van der Waals surface area contributed by atoms with E-state index in [-0.39, 0.29) is 12.4 Å². The molecule has 0 unspecified atom stereocenters. The van der Waals surface area contributed by atoms with Gasteiger partial charge in [0.2, 0.25) is 0 Å². The molecule has 0 saturated carbocycles. The Morgan fingerprint density at radius 1 is 0.926 bits per heavy atom. The van der Waals surface area contributed by atoms with Crippen molar-refractivity contribution in [1.29, 1.82) is 0 Å². The maximum atomic E-state index is 5.91. The largest absolute Gasteiger partial charge is 0.493 e. The molecule has 0 saturated heterocycles. The van der Waals surface area contributed by atoms with Gasteiger partial charge in [0.25, 0.3) is 0 Å². The quantitative estimate of drug-likeness (QED) is 0.460. The molecular weight excluding hydrogens is 430 g/mol. The third-order valence-corrected chi connectivity index (χ3v) is 4.66. The van der Waals surface area contributed by atoms with Gasteiger partial charge in [0.05, 0.1) is 20.8 Å². The normalized spacial score (nSPS) is 10.3. The van der Waals surface area contributed by atoms with Crippen LogP contribution in [-0.2, 0) is 13.0 Å². The van der Waals surface area contributed by atoms with Crippen LogP contribution in [0.15, 0.2) is 63.5 Å². The number of nitrogens with one attached hydrogen (secondary N) is 1.